The van der Waals surface area contributed by atoms with Crippen LogP contribution in [0, 0.1) is 23.6 Å². The van der Waals surface area contributed by atoms with Gasteiger partial charge in [-0.1, -0.05) is 12.1 Å². The van der Waals surface area contributed by atoms with E-state index in [2.05, 4.69) is 5.32 Å². The van der Waals surface area contributed by atoms with Gasteiger partial charge in [-0.2, -0.15) is 0 Å². The Morgan fingerprint density at radius 1 is 1.30 bits per heavy atom. The van der Waals surface area contributed by atoms with Gasteiger partial charge in [0.25, 0.3) is 0 Å². The maximum Gasteiger partial charge on any atom is 0.225 e. The number of nitrogens with two attached hydrogens (primary N) is 1. The molecule has 2 fully saturated rings. The minimum atomic E-state index is -0.262. The summed E-state index contributed by atoms with van der Waals surface area (Å²) in [5.74, 6) is 0.730. The zero-order valence-electron chi connectivity index (χ0n) is 11.7. The van der Waals surface area contributed by atoms with Gasteiger partial charge < -0.3 is 11.1 Å². The molecule has 1 aromatic carbocycles. The van der Waals surface area contributed by atoms with Crippen LogP contribution in [-0.2, 0) is 4.79 Å². The van der Waals surface area contributed by atoms with Crippen LogP contribution in [0.2, 0.25) is 0 Å². The molecule has 0 radical (unpaired) electrons. The molecule has 3 N–H and O–H groups in total. The first-order valence-corrected chi connectivity index (χ1v) is 7.37. The highest BCUT2D eigenvalue weighted by Crippen LogP contribution is 2.47. The first kappa shape index (κ1) is 13.6. The number of hydrogen-bond acceptors (Lipinski definition) is 2. The van der Waals surface area contributed by atoms with E-state index in [0.717, 1.165) is 18.4 Å². The molecule has 0 spiro atoms. The van der Waals surface area contributed by atoms with E-state index < -0.39 is 0 Å². The highest BCUT2D eigenvalue weighted by Gasteiger charge is 2.49. The largest absolute Gasteiger partial charge is 0.349 e. The molecule has 5 unspecified atom stereocenters. The molecular weight excluding hydrogens is 255 g/mol. The van der Waals surface area contributed by atoms with E-state index in [-0.39, 0.29) is 29.7 Å². The third-order valence-electron chi connectivity index (χ3n) is 5.01. The van der Waals surface area contributed by atoms with Gasteiger partial charge in [0.05, 0.1) is 12.0 Å². The number of amides is 1. The molecule has 1 aromatic rings. The molecule has 2 aliphatic carbocycles. The zero-order chi connectivity index (χ0) is 14.3. The summed E-state index contributed by atoms with van der Waals surface area (Å²) in [7, 11) is 0. The normalized spacial score (nSPS) is 33.1. The van der Waals surface area contributed by atoms with Crippen LogP contribution in [0.4, 0.5) is 4.39 Å². The summed E-state index contributed by atoms with van der Waals surface area (Å²) in [4.78, 5) is 12.4. The third-order valence-corrected chi connectivity index (χ3v) is 5.01. The predicted octanol–water partition coefficient (Wildman–Crippen LogP) is 2.38. The number of fused-ring (bicyclic) bond motifs is 2. The Labute approximate surface area is 118 Å². The molecule has 0 aromatic heterocycles. The van der Waals surface area contributed by atoms with Gasteiger partial charge >= 0.3 is 0 Å². The summed E-state index contributed by atoms with van der Waals surface area (Å²) in [6.07, 6.45) is 3.40. The number of carbonyl (C=O) groups excluding carboxylic acids is 1. The monoisotopic (exact) mass is 276 g/mol. The summed E-state index contributed by atoms with van der Waals surface area (Å²) >= 11 is 0. The Hall–Kier alpha value is -1.42. The van der Waals surface area contributed by atoms with E-state index in [1.165, 1.54) is 18.6 Å². The quantitative estimate of drug-likeness (QED) is 0.890. The molecule has 0 saturated heterocycles. The SMILES string of the molecule is CC(NC(=O)C1C2CCC(C2)C1N)c1ccc(F)cc1. The first-order valence-electron chi connectivity index (χ1n) is 7.37. The molecule has 3 rings (SSSR count). The lowest BCUT2D eigenvalue weighted by Crippen LogP contribution is -2.45. The van der Waals surface area contributed by atoms with Crippen molar-refractivity contribution >= 4 is 5.91 Å². The molecule has 5 atom stereocenters. The zero-order valence-corrected chi connectivity index (χ0v) is 11.7. The maximum atomic E-state index is 12.9. The van der Waals surface area contributed by atoms with Crippen LogP contribution in [0.3, 0.4) is 0 Å². The molecule has 20 heavy (non-hydrogen) atoms. The van der Waals surface area contributed by atoms with Gasteiger partial charge in [-0.3, -0.25) is 4.79 Å². The van der Waals surface area contributed by atoms with Crippen molar-refractivity contribution in [2.45, 2.75) is 38.3 Å². The molecule has 3 nitrogen and oxygen atoms in total. The number of halogens is 1. The molecule has 2 bridgehead atoms. The van der Waals surface area contributed by atoms with E-state index in [0.29, 0.717) is 11.8 Å². The number of hydrogen-bond donors (Lipinski definition) is 2. The Morgan fingerprint density at radius 3 is 2.55 bits per heavy atom. The second-order valence-corrected chi connectivity index (χ2v) is 6.22. The van der Waals surface area contributed by atoms with Crippen LogP contribution in [-0.4, -0.2) is 11.9 Å². The number of rotatable bonds is 3. The third kappa shape index (κ3) is 2.33. The van der Waals surface area contributed by atoms with E-state index in [1.54, 1.807) is 12.1 Å². The van der Waals surface area contributed by atoms with E-state index in [9.17, 15) is 9.18 Å². The van der Waals surface area contributed by atoms with E-state index in [4.69, 9.17) is 5.73 Å². The molecule has 4 heteroatoms. The number of nitrogens with one attached hydrogen (secondary N) is 1. The number of benzene rings is 1. The first-order chi connectivity index (χ1) is 9.56. The minimum absolute atomic E-state index is 0.00849. The van der Waals surface area contributed by atoms with Crippen LogP contribution >= 0.6 is 0 Å². The van der Waals surface area contributed by atoms with Gasteiger partial charge in [-0.25, -0.2) is 4.39 Å². The average Bonchev–Trinajstić information content (AvgIpc) is 2.99. The molecule has 2 aliphatic rings. The van der Waals surface area contributed by atoms with Crippen LogP contribution < -0.4 is 11.1 Å². The van der Waals surface area contributed by atoms with Gasteiger partial charge in [0.15, 0.2) is 0 Å². The highest BCUT2D eigenvalue weighted by atomic mass is 19.1. The number of carbonyl (C=O) groups is 1. The highest BCUT2D eigenvalue weighted by molar-refractivity contribution is 5.80. The van der Waals surface area contributed by atoms with Crippen LogP contribution in [0.15, 0.2) is 24.3 Å². The van der Waals surface area contributed by atoms with E-state index >= 15 is 0 Å². The second-order valence-electron chi connectivity index (χ2n) is 6.22. The topological polar surface area (TPSA) is 55.1 Å². The van der Waals surface area contributed by atoms with Gasteiger partial charge in [-0.05, 0) is 55.7 Å². The Balaban J connectivity index is 1.65. The van der Waals surface area contributed by atoms with Gasteiger partial charge in [-0.15, -0.1) is 0 Å². The molecule has 0 aliphatic heterocycles. The summed E-state index contributed by atoms with van der Waals surface area (Å²) in [6, 6.07) is 6.15. The van der Waals surface area contributed by atoms with Crippen molar-refractivity contribution in [3.05, 3.63) is 35.6 Å². The van der Waals surface area contributed by atoms with Crippen molar-refractivity contribution in [2.24, 2.45) is 23.5 Å². The Morgan fingerprint density at radius 2 is 1.95 bits per heavy atom. The lowest BCUT2D eigenvalue weighted by atomic mass is 9.84. The summed E-state index contributed by atoms with van der Waals surface area (Å²) in [6.45, 7) is 1.92. The second kappa shape index (κ2) is 5.17. The lowest BCUT2D eigenvalue weighted by Gasteiger charge is -2.28. The van der Waals surface area contributed by atoms with Crippen molar-refractivity contribution in [1.29, 1.82) is 0 Å². The average molecular weight is 276 g/mol. The fraction of sp³-hybridized carbons (Fsp3) is 0.562. The maximum absolute atomic E-state index is 12.9. The molecule has 1 amide bonds. The predicted molar refractivity (Wildman–Crippen MR) is 75.3 cm³/mol. The minimum Gasteiger partial charge on any atom is -0.349 e. The van der Waals surface area contributed by atoms with Crippen molar-refractivity contribution in [1.82, 2.24) is 5.32 Å². The van der Waals surface area contributed by atoms with Crippen molar-refractivity contribution in [2.75, 3.05) is 0 Å². The van der Waals surface area contributed by atoms with Crippen molar-refractivity contribution in [3.8, 4) is 0 Å². The smallest absolute Gasteiger partial charge is 0.225 e. The van der Waals surface area contributed by atoms with Crippen molar-refractivity contribution < 1.29 is 9.18 Å². The van der Waals surface area contributed by atoms with Crippen LogP contribution in [0.1, 0.15) is 37.8 Å². The summed E-state index contributed by atoms with van der Waals surface area (Å²) in [5.41, 5.74) is 7.10. The standard InChI is InChI=1S/C16H21FN2O/c1-9(10-4-6-13(17)7-5-10)19-16(20)14-11-2-3-12(8-11)15(14)18/h4-7,9,11-12,14-15H,2-3,8,18H2,1H3,(H,19,20). The van der Waals surface area contributed by atoms with Gasteiger partial charge in [0.2, 0.25) is 5.91 Å². The summed E-state index contributed by atoms with van der Waals surface area (Å²) in [5, 5.41) is 3.03. The summed E-state index contributed by atoms with van der Waals surface area (Å²) < 4.78 is 12.9. The fourth-order valence-electron chi connectivity index (χ4n) is 3.87. The Kier molecular flexibility index (Phi) is 3.50. The van der Waals surface area contributed by atoms with Crippen LogP contribution in [0.25, 0.3) is 0 Å². The molecule has 2 saturated carbocycles. The lowest BCUT2D eigenvalue weighted by molar-refractivity contribution is -0.127. The Bertz CT molecular complexity index is 500. The van der Waals surface area contributed by atoms with Gasteiger partial charge in [0, 0.05) is 6.04 Å². The van der Waals surface area contributed by atoms with E-state index in [1.807, 2.05) is 6.92 Å². The van der Waals surface area contributed by atoms with Crippen molar-refractivity contribution in [3.63, 3.8) is 0 Å². The molecule has 0 heterocycles. The fourth-order valence-corrected chi connectivity index (χ4v) is 3.87. The molecular formula is C16H21FN2O. The van der Waals surface area contributed by atoms with Crippen LogP contribution in [0.5, 0.6) is 0 Å². The molecule has 108 valence electrons. The van der Waals surface area contributed by atoms with Gasteiger partial charge in [0.1, 0.15) is 5.82 Å².